The molecule has 1 amide bonds. The number of aliphatic carboxylic acids is 1. The van der Waals surface area contributed by atoms with Crippen molar-refractivity contribution in [3.05, 3.63) is 35.4 Å². The molecular formula is C17H24N2O4. The van der Waals surface area contributed by atoms with Crippen LogP contribution >= 0.6 is 0 Å². The fraction of sp³-hybridized carbons (Fsp3) is 0.529. The molecule has 2 N–H and O–H groups in total. The molecule has 6 heteroatoms. The summed E-state index contributed by atoms with van der Waals surface area (Å²) in [4.78, 5) is 24.9. The Hall–Kier alpha value is -1.92. The van der Waals surface area contributed by atoms with Gasteiger partial charge in [0.05, 0.1) is 13.2 Å². The van der Waals surface area contributed by atoms with Crippen LogP contribution in [0.1, 0.15) is 35.7 Å². The largest absolute Gasteiger partial charge is 0.480 e. The van der Waals surface area contributed by atoms with Crippen LogP contribution in [0.3, 0.4) is 0 Å². The maximum Gasteiger partial charge on any atom is 0.317 e. The highest BCUT2D eigenvalue weighted by atomic mass is 16.5. The highest BCUT2D eigenvalue weighted by Crippen LogP contribution is 2.25. The SMILES string of the molecule is CCN(CC(=O)O)C1CC(NC(=O)c2ccc(COC)cc2)C1. The van der Waals surface area contributed by atoms with Gasteiger partial charge < -0.3 is 15.2 Å². The van der Waals surface area contributed by atoms with Gasteiger partial charge in [-0.1, -0.05) is 19.1 Å². The molecule has 6 nitrogen and oxygen atoms in total. The molecule has 1 aromatic rings. The van der Waals surface area contributed by atoms with E-state index in [2.05, 4.69) is 5.32 Å². The van der Waals surface area contributed by atoms with Crippen LogP contribution in [0.15, 0.2) is 24.3 Å². The van der Waals surface area contributed by atoms with Crippen molar-refractivity contribution in [2.75, 3.05) is 20.2 Å². The molecule has 2 rings (SSSR count). The number of benzene rings is 1. The Morgan fingerprint density at radius 2 is 1.96 bits per heavy atom. The second-order valence-corrected chi connectivity index (χ2v) is 5.88. The second-order valence-electron chi connectivity index (χ2n) is 5.88. The van der Waals surface area contributed by atoms with Crippen molar-refractivity contribution in [1.29, 1.82) is 0 Å². The first-order chi connectivity index (χ1) is 11.0. The summed E-state index contributed by atoms with van der Waals surface area (Å²) in [7, 11) is 1.64. The van der Waals surface area contributed by atoms with Crippen LogP contribution in [0.4, 0.5) is 0 Å². The summed E-state index contributed by atoms with van der Waals surface area (Å²) in [5.74, 6) is -0.894. The number of carbonyl (C=O) groups excluding carboxylic acids is 1. The van der Waals surface area contributed by atoms with Crippen molar-refractivity contribution in [2.24, 2.45) is 0 Å². The molecule has 0 aliphatic heterocycles. The van der Waals surface area contributed by atoms with Gasteiger partial charge in [0, 0.05) is 24.8 Å². The van der Waals surface area contributed by atoms with Crippen LogP contribution in [-0.4, -0.2) is 54.2 Å². The van der Waals surface area contributed by atoms with Gasteiger partial charge in [0.2, 0.25) is 0 Å². The average molecular weight is 320 g/mol. The third kappa shape index (κ3) is 4.77. The normalized spacial score (nSPS) is 20.1. The number of hydrogen-bond acceptors (Lipinski definition) is 4. The zero-order chi connectivity index (χ0) is 16.8. The van der Waals surface area contributed by atoms with Crippen LogP contribution in [0.25, 0.3) is 0 Å². The molecule has 1 aliphatic carbocycles. The summed E-state index contributed by atoms with van der Waals surface area (Å²) in [6.45, 7) is 3.25. The van der Waals surface area contributed by atoms with E-state index < -0.39 is 5.97 Å². The monoisotopic (exact) mass is 320 g/mol. The number of rotatable bonds is 8. The van der Waals surface area contributed by atoms with Gasteiger partial charge in [-0.3, -0.25) is 14.5 Å². The van der Waals surface area contributed by atoms with Crippen LogP contribution < -0.4 is 5.32 Å². The number of ether oxygens (including phenoxy) is 1. The number of carboxylic acids is 1. The highest BCUT2D eigenvalue weighted by Gasteiger charge is 2.34. The van der Waals surface area contributed by atoms with Crippen molar-refractivity contribution in [1.82, 2.24) is 10.2 Å². The van der Waals surface area contributed by atoms with Gasteiger partial charge in [-0.2, -0.15) is 0 Å². The lowest BCUT2D eigenvalue weighted by Crippen LogP contribution is -2.54. The number of amides is 1. The molecule has 1 saturated carbocycles. The zero-order valence-electron chi connectivity index (χ0n) is 13.6. The fourth-order valence-corrected chi connectivity index (χ4v) is 2.86. The molecule has 0 spiro atoms. The van der Waals surface area contributed by atoms with Crippen LogP contribution in [0.5, 0.6) is 0 Å². The van der Waals surface area contributed by atoms with Gasteiger partial charge in [-0.05, 0) is 37.1 Å². The molecule has 0 heterocycles. The van der Waals surface area contributed by atoms with Crippen molar-refractivity contribution >= 4 is 11.9 Å². The lowest BCUT2D eigenvalue weighted by molar-refractivity contribution is -0.139. The van der Waals surface area contributed by atoms with Crippen molar-refractivity contribution < 1.29 is 19.4 Å². The Morgan fingerprint density at radius 1 is 1.30 bits per heavy atom. The molecule has 0 saturated heterocycles. The first kappa shape index (κ1) is 17.4. The summed E-state index contributed by atoms with van der Waals surface area (Å²) >= 11 is 0. The third-order valence-corrected chi connectivity index (χ3v) is 4.24. The molecule has 23 heavy (non-hydrogen) atoms. The molecule has 0 radical (unpaired) electrons. The number of nitrogens with one attached hydrogen (secondary N) is 1. The van der Waals surface area contributed by atoms with E-state index in [1.54, 1.807) is 19.2 Å². The highest BCUT2D eigenvalue weighted by molar-refractivity contribution is 5.94. The first-order valence-electron chi connectivity index (χ1n) is 7.88. The van der Waals surface area contributed by atoms with E-state index >= 15 is 0 Å². The summed E-state index contributed by atoms with van der Waals surface area (Å²) in [5.41, 5.74) is 1.66. The van der Waals surface area contributed by atoms with Gasteiger partial charge in [-0.15, -0.1) is 0 Å². The van der Waals surface area contributed by atoms with Crippen LogP contribution in [0, 0.1) is 0 Å². The number of methoxy groups -OCH3 is 1. The molecule has 0 bridgehead atoms. The standard InChI is InChI=1S/C17H24N2O4/c1-3-19(10-16(20)21)15-8-14(9-15)18-17(22)13-6-4-12(5-7-13)11-23-2/h4-7,14-15H,3,8-11H2,1-2H3,(H,18,22)(H,20,21). The zero-order valence-corrected chi connectivity index (χ0v) is 13.6. The summed E-state index contributed by atoms with van der Waals surface area (Å²) in [6, 6.07) is 7.71. The maximum absolute atomic E-state index is 12.2. The number of hydrogen-bond donors (Lipinski definition) is 2. The van der Waals surface area contributed by atoms with Gasteiger partial charge >= 0.3 is 5.97 Å². The second kappa shape index (κ2) is 8.08. The van der Waals surface area contributed by atoms with Crippen molar-refractivity contribution in [3.8, 4) is 0 Å². The Bertz CT molecular complexity index is 538. The van der Waals surface area contributed by atoms with E-state index in [0.717, 1.165) is 18.4 Å². The van der Waals surface area contributed by atoms with E-state index in [9.17, 15) is 9.59 Å². The topological polar surface area (TPSA) is 78.9 Å². The van der Waals surface area contributed by atoms with E-state index in [0.29, 0.717) is 18.7 Å². The molecule has 126 valence electrons. The molecule has 1 aliphatic rings. The Kier molecular flexibility index (Phi) is 6.12. The minimum Gasteiger partial charge on any atom is -0.480 e. The fourth-order valence-electron chi connectivity index (χ4n) is 2.86. The predicted octanol–water partition coefficient (Wildman–Crippen LogP) is 1.50. The van der Waals surface area contributed by atoms with E-state index in [4.69, 9.17) is 9.84 Å². The van der Waals surface area contributed by atoms with Crippen molar-refractivity contribution in [2.45, 2.75) is 38.5 Å². The molecular weight excluding hydrogens is 296 g/mol. The Balaban J connectivity index is 1.80. The van der Waals surface area contributed by atoms with Gasteiger partial charge in [0.15, 0.2) is 0 Å². The lowest BCUT2D eigenvalue weighted by atomic mass is 9.85. The summed E-state index contributed by atoms with van der Waals surface area (Å²) in [5, 5.41) is 11.9. The number of carboxylic acid groups (broad SMARTS) is 1. The first-order valence-corrected chi connectivity index (χ1v) is 7.88. The number of carbonyl (C=O) groups is 2. The molecule has 1 fully saturated rings. The third-order valence-electron chi connectivity index (χ3n) is 4.24. The molecule has 0 atom stereocenters. The summed E-state index contributed by atoms with van der Waals surface area (Å²) in [6.07, 6.45) is 1.60. The summed E-state index contributed by atoms with van der Waals surface area (Å²) < 4.78 is 5.04. The number of nitrogens with zero attached hydrogens (tertiary/aromatic N) is 1. The minimum atomic E-state index is -0.810. The average Bonchev–Trinajstić information content (AvgIpc) is 2.49. The van der Waals surface area contributed by atoms with Crippen LogP contribution in [0.2, 0.25) is 0 Å². The van der Waals surface area contributed by atoms with Gasteiger partial charge in [-0.25, -0.2) is 0 Å². The molecule has 0 unspecified atom stereocenters. The predicted molar refractivity (Wildman–Crippen MR) is 86.3 cm³/mol. The molecule has 1 aromatic carbocycles. The van der Waals surface area contributed by atoms with Crippen molar-refractivity contribution in [3.63, 3.8) is 0 Å². The van der Waals surface area contributed by atoms with Gasteiger partial charge in [0.1, 0.15) is 0 Å². The van der Waals surface area contributed by atoms with E-state index in [-0.39, 0.29) is 24.5 Å². The van der Waals surface area contributed by atoms with Gasteiger partial charge in [0.25, 0.3) is 5.91 Å². The smallest absolute Gasteiger partial charge is 0.317 e. The van der Waals surface area contributed by atoms with E-state index in [1.165, 1.54) is 0 Å². The Morgan fingerprint density at radius 3 is 2.48 bits per heavy atom. The van der Waals surface area contributed by atoms with E-state index in [1.807, 2.05) is 24.0 Å². The Labute approximate surface area is 136 Å². The number of likely N-dealkylation sites (N-methyl/N-ethyl adjacent to an activating group) is 1. The minimum absolute atomic E-state index is 0.0583. The maximum atomic E-state index is 12.2. The quantitative estimate of drug-likeness (QED) is 0.759. The lowest BCUT2D eigenvalue weighted by Gasteiger charge is -2.42. The molecule has 0 aromatic heterocycles. The van der Waals surface area contributed by atoms with Crippen LogP contribution in [-0.2, 0) is 16.1 Å².